The molecule has 0 aliphatic rings. The normalized spacial score (nSPS) is 10.5. The molecule has 5 nitrogen and oxygen atoms in total. The topological polar surface area (TPSA) is 68.0 Å². The van der Waals surface area contributed by atoms with Gasteiger partial charge in [0.25, 0.3) is 0 Å². The van der Waals surface area contributed by atoms with E-state index in [1.807, 2.05) is 13.8 Å². The van der Waals surface area contributed by atoms with E-state index in [9.17, 15) is 4.79 Å². The van der Waals surface area contributed by atoms with Gasteiger partial charge in [0, 0.05) is 11.9 Å². The van der Waals surface area contributed by atoms with Crippen LogP contribution in [0.4, 0.5) is 0 Å². The van der Waals surface area contributed by atoms with E-state index in [2.05, 4.69) is 9.97 Å². The molecule has 0 aliphatic heterocycles. The van der Waals surface area contributed by atoms with Crippen LogP contribution in [-0.4, -0.2) is 25.6 Å². The number of nitrogens with zero attached hydrogens (tertiary/aromatic N) is 3. The Bertz CT molecular complexity index is 592. The highest BCUT2D eigenvalue weighted by molar-refractivity contribution is 6.33. The number of aromatic carboxylic acids is 1. The lowest BCUT2D eigenvalue weighted by Crippen LogP contribution is -2.04. The number of carboxylic acids is 1. The van der Waals surface area contributed by atoms with E-state index in [0.29, 0.717) is 5.82 Å². The second kappa shape index (κ2) is 4.18. The van der Waals surface area contributed by atoms with Gasteiger partial charge in [0.2, 0.25) is 0 Å². The maximum Gasteiger partial charge on any atom is 0.337 e. The number of rotatable bonds is 2. The summed E-state index contributed by atoms with van der Waals surface area (Å²) in [4.78, 5) is 19.2. The quantitative estimate of drug-likeness (QED) is 0.889. The molecular weight excluding hydrogens is 242 g/mol. The second-order valence-electron chi connectivity index (χ2n) is 3.61. The minimum atomic E-state index is -1.08. The van der Waals surface area contributed by atoms with Gasteiger partial charge in [0.15, 0.2) is 0 Å². The van der Waals surface area contributed by atoms with E-state index in [0.717, 1.165) is 11.4 Å². The monoisotopic (exact) mass is 251 g/mol. The van der Waals surface area contributed by atoms with Crippen molar-refractivity contribution in [1.29, 1.82) is 0 Å². The van der Waals surface area contributed by atoms with Gasteiger partial charge in [-0.1, -0.05) is 11.6 Å². The number of carbonyl (C=O) groups is 1. The summed E-state index contributed by atoms with van der Waals surface area (Å²) in [5.74, 6) is -0.585. The summed E-state index contributed by atoms with van der Waals surface area (Å²) in [6, 6.07) is 1.43. The van der Waals surface area contributed by atoms with Gasteiger partial charge in [-0.25, -0.2) is 14.8 Å². The van der Waals surface area contributed by atoms with Crippen molar-refractivity contribution in [3.8, 4) is 5.82 Å². The minimum Gasteiger partial charge on any atom is -0.478 e. The minimum absolute atomic E-state index is 0.0300. The Kier molecular flexibility index (Phi) is 2.85. The van der Waals surface area contributed by atoms with Crippen molar-refractivity contribution >= 4 is 17.6 Å². The van der Waals surface area contributed by atoms with E-state index in [4.69, 9.17) is 16.7 Å². The van der Waals surface area contributed by atoms with Crippen LogP contribution >= 0.6 is 11.6 Å². The SMILES string of the molecule is Cc1ncn(-c2cc(C(=O)O)c(Cl)cn2)c1C. The molecule has 0 aliphatic carbocycles. The highest BCUT2D eigenvalue weighted by Gasteiger charge is 2.12. The Labute approximate surface area is 103 Å². The van der Waals surface area contributed by atoms with Gasteiger partial charge >= 0.3 is 5.97 Å². The van der Waals surface area contributed by atoms with E-state index in [-0.39, 0.29) is 10.6 Å². The first kappa shape index (κ1) is 11.6. The molecule has 0 radical (unpaired) electrons. The number of hydrogen-bond acceptors (Lipinski definition) is 3. The van der Waals surface area contributed by atoms with Crippen LogP contribution in [0.3, 0.4) is 0 Å². The molecule has 0 saturated carbocycles. The molecule has 17 heavy (non-hydrogen) atoms. The van der Waals surface area contributed by atoms with Crippen LogP contribution in [0.15, 0.2) is 18.6 Å². The van der Waals surface area contributed by atoms with Crippen LogP contribution in [-0.2, 0) is 0 Å². The van der Waals surface area contributed by atoms with E-state index < -0.39 is 5.97 Å². The predicted octanol–water partition coefficient (Wildman–Crippen LogP) is 2.24. The fourth-order valence-electron chi connectivity index (χ4n) is 1.45. The standard InChI is InChI=1S/C11H10ClN3O2/c1-6-7(2)15(5-14-6)10-3-8(11(16)17)9(12)4-13-10/h3-5H,1-2H3,(H,16,17). The fraction of sp³-hybridized carbons (Fsp3) is 0.182. The summed E-state index contributed by atoms with van der Waals surface area (Å²) in [7, 11) is 0. The number of aryl methyl sites for hydroxylation is 1. The van der Waals surface area contributed by atoms with Crippen molar-refractivity contribution in [1.82, 2.24) is 14.5 Å². The third kappa shape index (κ3) is 2.01. The van der Waals surface area contributed by atoms with Gasteiger partial charge in [0.1, 0.15) is 12.1 Å². The zero-order valence-electron chi connectivity index (χ0n) is 9.31. The lowest BCUT2D eigenvalue weighted by atomic mass is 10.2. The summed E-state index contributed by atoms with van der Waals surface area (Å²) < 4.78 is 1.72. The van der Waals surface area contributed by atoms with Gasteiger partial charge in [-0.05, 0) is 19.9 Å². The van der Waals surface area contributed by atoms with Crippen LogP contribution in [0, 0.1) is 13.8 Å². The van der Waals surface area contributed by atoms with E-state index in [1.54, 1.807) is 10.9 Å². The molecule has 0 fully saturated rings. The molecule has 2 aromatic rings. The molecular formula is C11H10ClN3O2. The molecule has 2 aromatic heterocycles. The number of carboxylic acid groups (broad SMARTS) is 1. The zero-order chi connectivity index (χ0) is 12.6. The largest absolute Gasteiger partial charge is 0.478 e. The van der Waals surface area contributed by atoms with Crippen LogP contribution in [0.1, 0.15) is 21.7 Å². The summed E-state index contributed by atoms with van der Waals surface area (Å²) in [6.07, 6.45) is 2.93. The van der Waals surface area contributed by atoms with Gasteiger partial charge < -0.3 is 5.11 Å². The number of hydrogen-bond donors (Lipinski definition) is 1. The maximum absolute atomic E-state index is 11.0. The lowest BCUT2D eigenvalue weighted by molar-refractivity contribution is 0.0697. The second-order valence-corrected chi connectivity index (χ2v) is 4.02. The van der Waals surface area contributed by atoms with Crippen molar-refractivity contribution in [2.75, 3.05) is 0 Å². The van der Waals surface area contributed by atoms with Crippen molar-refractivity contribution in [2.45, 2.75) is 13.8 Å². The van der Waals surface area contributed by atoms with Crippen LogP contribution in [0.25, 0.3) is 5.82 Å². The van der Waals surface area contributed by atoms with Crippen molar-refractivity contribution in [3.63, 3.8) is 0 Å². The van der Waals surface area contributed by atoms with Crippen LogP contribution in [0.5, 0.6) is 0 Å². The zero-order valence-corrected chi connectivity index (χ0v) is 10.1. The first-order valence-electron chi connectivity index (χ1n) is 4.90. The van der Waals surface area contributed by atoms with Gasteiger partial charge in [-0.2, -0.15) is 0 Å². The lowest BCUT2D eigenvalue weighted by Gasteiger charge is -2.06. The molecule has 0 atom stereocenters. The highest BCUT2D eigenvalue weighted by Crippen LogP contribution is 2.19. The van der Waals surface area contributed by atoms with Gasteiger partial charge in [0.05, 0.1) is 16.3 Å². The first-order chi connectivity index (χ1) is 8.00. The van der Waals surface area contributed by atoms with Crippen LogP contribution < -0.4 is 0 Å². The molecule has 0 saturated heterocycles. The molecule has 6 heteroatoms. The molecule has 0 unspecified atom stereocenters. The predicted molar refractivity (Wildman–Crippen MR) is 62.8 cm³/mol. The smallest absolute Gasteiger partial charge is 0.337 e. The summed E-state index contributed by atoms with van der Waals surface area (Å²) in [5, 5.41) is 9.10. The summed E-state index contributed by atoms with van der Waals surface area (Å²) in [5.41, 5.74) is 1.82. The highest BCUT2D eigenvalue weighted by atomic mass is 35.5. The molecule has 0 bridgehead atoms. The Morgan fingerprint density at radius 1 is 1.41 bits per heavy atom. The van der Waals surface area contributed by atoms with Crippen LogP contribution in [0.2, 0.25) is 5.02 Å². The number of halogens is 1. The number of pyridine rings is 1. The van der Waals surface area contributed by atoms with Gasteiger partial charge in [-0.3, -0.25) is 4.57 Å². The third-order valence-electron chi connectivity index (χ3n) is 2.57. The summed E-state index contributed by atoms with van der Waals surface area (Å²) in [6.45, 7) is 3.76. The van der Waals surface area contributed by atoms with E-state index >= 15 is 0 Å². The molecule has 0 aromatic carbocycles. The first-order valence-corrected chi connectivity index (χ1v) is 5.28. The van der Waals surface area contributed by atoms with Crippen molar-refractivity contribution in [2.24, 2.45) is 0 Å². The Morgan fingerprint density at radius 3 is 2.65 bits per heavy atom. The van der Waals surface area contributed by atoms with E-state index in [1.165, 1.54) is 12.3 Å². The number of imidazole rings is 1. The van der Waals surface area contributed by atoms with Gasteiger partial charge in [-0.15, -0.1) is 0 Å². The average molecular weight is 252 g/mol. The maximum atomic E-state index is 11.0. The molecule has 1 N–H and O–H groups in total. The van der Waals surface area contributed by atoms with Crippen molar-refractivity contribution in [3.05, 3.63) is 40.6 Å². The van der Waals surface area contributed by atoms with Crippen molar-refractivity contribution < 1.29 is 9.90 Å². The molecule has 88 valence electrons. The Morgan fingerprint density at radius 2 is 2.12 bits per heavy atom. The molecule has 2 rings (SSSR count). The summed E-state index contributed by atoms with van der Waals surface area (Å²) >= 11 is 5.76. The fourth-order valence-corrected chi connectivity index (χ4v) is 1.64. The Hall–Kier alpha value is -1.88. The molecule has 0 amide bonds. The Balaban J connectivity index is 2.58. The average Bonchev–Trinajstić information content (AvgIpc) is 2.60. The number of aromatic nitrogens is 3. The third-order valence-corrected chi connectivity index (χ3v) is 2.87. The molecule has 2 heterocycles. The molecule has 0 spiro atoms.